The number of aliphatic hydroxyl groups is 1. The number of likely N-dealkylation sites (tertiary alicyclic amines) is 1. The van der Waals surface area contributed by atoms with Gasteiger partial charge in [0.25, 0.3) is 11.7 Å². The number of amides is 1. The molecule has 3 aromatic rings. The van der Waals surface area contributed by atoms with Crippen molar-refractivity contribution in [1.29, 1.82) is 0 Å². The van der Waals surface area contributed by atoms with Crippen molar-refractivity contribution in [2.45, 2.75) is 12.5 Å². The molecule has 2 aliphatic rings. The predicted octanol–water partition coefficient (Wildman–Crippen LogP) is 4.13. The Kier molecular flexibility index (Phi) is 6.14. The van der Waals surface area contributed by atoms with Crippen molar-refractivity contribution in [1.82, 2.24) is 4.90 Å². The molecule has 0 spiro atoms. The van der Waals surface area contributed by atoms with Crippen LogP contribution in [0.4, 0.5) is 0 Å². The smallest absolute Gasteiger partial charge is 0.295 e. The van der Waals surface area contributed by atoms with Crippen LogP contribution in [0.2, 0.25) is 0 Å². The molecule has 7 heteroatoms. The molecule has 0 radical (unpaired) electrons. The first kappa shape index (κ1) is 22.5. The van der Waals surface area contributed by atoms with Gasteiger partial charge in [0.05, 0.1) is 18.7 Å². The van der Waals surface area contributed by atoms with Crippen molar-refractivity contribution in [2.24, 2.45) is 0 Å². The minimum absolute atomic E-state index is 0.0352. The van der Waals surface area contributed by atoms with E-state index in [4.69, 9.17) is 14.2 Å². The third-order valence-electron chi connectivity index (χ3n) is 6.25. The largest absolute Gasteiger partial charge is 0.507 e. The summed E-state index contributed by atoms with van der Waals surface area (Å²) < 4.78 is 16.6. The first-order valence-corrected chi connectivity index (χ1v) is 11.4. The van der Waals surface area contributed by atoms with Gasteiger partial charge in [-0.2, -0.15) is 0 Å². The van der Waals surface area contributed by atoms with E-state index in [1.807, 2.05) is 36.4 Å². The molecule has 1 fully saturated rings. The lowest BCUT2D eigenvalue weighted by Gasteiger charge is -2.26. The maximum Gasteiger partial charge on any atom is 0.295 e. The normalized spacial score (nSPS) is 18.5. The number of carbonyl (C=O) groups excluding carboxylic acids is 2. The molecule has 0 unspecified atom stereocenters. The van der Waals surface area contributed by atoms with Gasteiger partial charge in [0, 0.05) is 12.1 Å². The summed E-state index contributed by atoms with van der Waals surface area (Å²) in [4.78, 5) is 28.0. The molecule has 178 valence electrons. The topological polar surface area (TPSA) is 85.3 Å². The number of nitrogens with zero attached hydrogens (tertiary/aromatic N) is 1. The summed E-state index contributed by atoms with van der Waals surface area (Å²) in [5.74, 6) is 0.0222. The van der Waals surface area contributed by atoms with E-state index in [-0.39, 0.29) is 11.3 Å². The number of carbonyl (C=O) groups is 2. The van der Waals surface area contributed by atoms with E-state index in [1.165, 1.54) is 4.90 Å². The fraction of sp³-hybridized carbons (Fsp3) is 0.214. The summed E-state index contributed by atoms with van der Waals surface area (Å²) in [5.41, 5.74) is 2.14. The van der Waals surface area contributed by atoms with Crippen LogP contribution in [0.1, 0.15) is 22.7 Å². The molecule has 1 saturated heterocycles. The second-order valence-corrected chi connectivity index (χ2v) is 8.36. The van der Waals surface area contributed by atoms with E-state index in [2.05, 4.69) is 0 Å². The zero-order chi connectivity index (χ0) is 24.4. The number of hydrogen-bond donors (Lipinski definition) is 1. The van der Waals surface area contributed by atoms with Gasteiger partial charge in [-0.3, -0.25) is 9.59 Å². The Morgan fingerprint density at radius 1 is 0.971 bits per heavy atom. The maximum atomic E-state index is 13.3. The fourth-order valence-corrected chi connectivity index (χ4v) is 4.51. The average Bonchev–Trinajstić information content (AvgIpc) is 3.16. The lowest BCUT2D eigenvalue weighted by atomic mass is 9.95. The highest BCUT2D eigenvalue weighted by Gasteiger charge is 2.46. The Balaban J connectivity index is 1.58. The summed E-state index contributed by atoms with van der Waals surface area (Å²) in [6.07, 6.45) is 0.568. The Hall–Kier alpha value is -4.26. The van der Waals surface area contributed by atoms with Crippen molar-refractivity contribution in [3.63, 3.8) is 0 Å². The van der Waals surface area contributed by atoms with Gasteiger partial charge in [-0.15, -0.1) is 0 Å². The molecule has 1 amide bonds. The van der Waals surface area contributed by atoms with Crippen molar-refractivity contribution in [3.8, 4) is 17.2 Å². The van der Waals surface area contributed by atoms with Crippen LogP contribution in [-0.4, -0.2) is 48.6 Å². The summed E-state index contributed by atoms with van der Waals surface area (Å²) in [6, 6.07) is 21.2. The van der Waals surface area contributed by atoms with Gasteiger partial charge in [-0.05, 0) is 47.9 Å². The number of ketones is 1. The van der Waals surface area contributed by atoms with Gasteiger partial charge in [0.1, 0.15) is 24.7 Å². The molecule has 1 N–H and O–H groups in total. The Labute approximate surface area is 203 Å². The summed E-state index contributed by atoms with van der Waals surface area (Å²) in [6.45, 7) is 1.15. The number of benzene rings is 3. The van der Waals surface area contributed by atoms with Crippen LogP contribution >= 0.6 is 0 Å². The van der Waals surface area contributed by atoms with Gasteiger partial charge in [0.2, 0.25) is 0 Å². The van der Waals surface area contributed by atoms with Crippen LogP contribution in [0, 0.1) is 0 Å². The molecular formula is C28H25NO6. The molecule has 5 rings (SSSR count). The predicted molar refractivity (Wildman–Crippen MR) is 130 cm³/mol. The zero-order valence-electron chi connectivity index (χ0n) is 19.3. The number of Topliss-reactive ketones (excluding diaryl/α,β-unsaturated/α-hetero) is 1. The number of ether oxygens (including phenoxy) is 3. The van der Waals surface area contributed by atoms with E-state index in [9.17, 15) is 14.7 Å². The van der Waals surface area contributed by atoms with Crippen molar-refractivity contribution in [3.05, 3.63) is 95.1 Å². The van der Waals surface area contributed by atoms with Crippen molar-refractivity contribution < 1.29 is 28.9 Å². The minimum atomic E-state index is -0.762. The first-order chi connectivity index (χ1) is 17.1. The lowest BCUT2D eigenvalue weighted by molar-refractivity contribution is -0.139. The Morgan fingerprint density at radius 2 is 1.74 bits per heavy atom. The monoisotopic (exact) mass is 471 g/mol. The molecule has 0 aliphatic carbocycles. The second-order valence-electron chi connectivity index (χ2n) is 8.36. The standard InChI is InChI=1S/C28H25NO6/c1-33-21-9-5-8-19(16-21)25-24(26(30)20-10-11-22-23(17-20)35-15-14-34-22)27(31)28(32)29(25)13-12-18-6-3-2-4-7-18/h2-11,16-17,25,30H,12-15H2,1H3/b26-24+/t25-/m0/s1. The van der Waals surface area contributed by atoms with E-state index in [0.29, 0.717) is 54.6 Å². The number of methoxy groups -OCH3 is 1. The molecule has 2 aliphatic heterocycles. The van der Waals surface area contributed by atoms with E-state index in [1.54, 1.807) is 43.5 Å². The van der Waals surface area contributed by atoms with E-state index in [0.717, 1.165) is 5.56 Å². The van der Waals surface area contributed by atoms with Gasteiger partial charge < -0.3 is 24.2 Å². The first-order valence-electron chi connectivity index (χ1n) is 11.4. The summed E-state index contributed by atoms with van der Waals surface area (Å²) in [5, 5.41) is 11.3. The number of rotatable bonds is 6. The third kappa shape index (κ3) is 4.33. The summed E-state index contributed by atoms with van der Waals surface area (Å²) in [7, 11) is 1.56. The zero-order valence-corrected chi connectivity index (χ0v) is 19.3. The SMILES string of the molecule is COc1cccc([C@H]2/C(=C(\O)c3ccc4c(c3)OCCO4)C(=O)C(=O)N2CCc2ccccc2)c1. The molecule has 2 heterocycles. The van der Waals surface area contributed by atoms with Crippen LogP contribution < -0.4 is 14.2 Å². The molecule has 7 nitrogen and oxygen atoms in total. The molecule has 0 bridgehead atoms. The van der Waals surface area contributed by atoms with Crippen LogP contribution in [0.25, 0.3) is 5.76 Å². The highest BCUT2D eigenvalue weighted by molar-refractivity contribution is 6.46. The minimum Gasteiger partial charge on any atom is -0.507 e. The maximum absolute atomic E-state index is 13.3. The van der Waals surface area contributed by atoms with Crippen molar-refractivity contribution >= 4 is 17.4 Å². The summed E-state index contributed by atoms with van der Waals surface area (Å²) >= 11 is 0. The van der Waals surface area contributed by atoms with Crippen LogP contribution in [0.15, 0.2) is 78.4 Å². The Morgan fingerprint density at radius 3 is 2.51 bits per heavy atom. The van der Waals surface area contributed by atoms with Crippen LogP contribution in [0.3, 0.4) is 0 Å². The number of aliphatic hydroxyl groups excluding tert-OH is 1. The van der Waals surface area contributed by atoms with Gasteiger partial charge in [0.15, 0.2) is 11.5 Å². The molecule has 35 heavy (non-hydrogen) atoms. The Bertz CT molecular complexity index is 1300. The average molecular weight is 472 g/mol. The molecule has 1 atom stereocenters. The lowest BCUT2D eigenvalue weighted by Crippen LogP contribution is -2.31. The number of fused-ring (bicyclic) bond motifs is 1. The van der Waals surface area contributed by atoms with Crippen LogP contribution in [0.5, 0.6) is 17.2 Å². The third-order valence-corrected chi connectivity index (χ3v) is 6.25. The second kappa shape index (κ2) is 9.54. The van der Waals surface area contributed by atoms with Crippen LogP contribution in [-0.2, 0) is 16.0 Å². The molecule has 0 saturated carbocycles. The number of hydrogen-bond acceptors (Lipinski definition) is 6. The highest BCUT2D eigenvalue weighted by atomic mass is 16.6. The van der Waals surface area contributed by atoms with Crippen molar-refractivity contribution in [2.75, 3.05) is 26.9 Å². The van der Waals surface area contributed by atoms with E-state index < -0.39 is 17.7 Å². The highest BCUT2D eigenvalue weighted by Crippen LogP contribution is 2.41. The molecular weight excluding hydrogens is 446 g/mol. The molecule has 0 aromatic heterocycles. The van der Waals surface area contributed by atoms with E-state index >= 15 is 0 Å². The van der Waals surface area contributed by atoms with Gasteiger partial charge in [-0.1, -0.05) is 42.5 Å². The fourth-order valence-electron chi connectivity index (χ4n) is 4.51. The van der Waals surface area contributed by atoms with Gasteiger partial charge >= 0.3 is 0 Å². The van der Waals surface area contributed by atoms with Gasteiger partial charge in [-0.25, -0.2) is 0 Å². The quantitative estimate of drug-likeness (QED) is 0.331. The molecule has 3 aromatic carbocycles.